The van der Waals surface area contributed by atoms with Gasteiger partial charge in [0.15, 0.2) is 0 Å². The first kappa shape index (κ1) is 12.6. The van der Waals surface area contributed by atoms with Crippen molar-refractivity contribution in [1.29, 1.82) is 0 Å². The Morgan fingerprint density at radius 3 is 2.76 bits per heavy atom. The van der Waals surface area contributed by atoms with Crippen LogP contribution in [0.25, 0.3) is 0 Å². The van der Waals surface area contributed by atoms with Gasteiger partial charge in [0.1, 0.15) is 0 Å². The van der Waals surface area contributed by atoms with E-state index in [1.54, 1.807) is 0 Å². The number of hydrogen-bond acceptors (Lipinski definition) is 2. The lowest BCUT2D eigenvalue weighted by atomic mass is 9.80. The second kappa shape index (κ2) is 5.67. The minimum absolute atomic E-state index is 0.492. The highest BCUT2D eigenvalue weighted by atomic mass is 15.3. The van der Waals surface area contributed by atoms with Crippen LogP contribution in [0.3, 0.4) is 0 Å². The molecule has 1 aromatic heterocycles. The van der Waals surface area contributed by atoms with Gasteiger partial charge in [-0.25, -0.2) is 0 Å². The van der Waals surface area contributed by atoms with Crippen LogP contribution in [-0.2, 0) is 7.05 Å². The van der Waals surface area contributed by atoms with Gasteiger partial charge in [0.25, 0.3) is 0 Å². The molecule has 1 saturated carbocycles. The summed E-state index contributed by atoms with van der Waals surface area (Å²) in [6, 6.07) is 2.72. The third-order valence-electron chi connectivity index (χ3n) is 3.83. The van der Waals surface area contributed by atoms with Crippen molar-refractivity contribution in [2.24, 2.45) is 13.0 Å². The number of nitrogens with zero attached hydrogens (tertiary/aromatic N) is 2. The van der Waals surface area contributed by atoms with Gasteiger partial charge in [0, 0.05) is 13.1 Å². The van der Waals surface area contributed by atoms with Gasteiger partial charge in [-0.1, -0.05) is 26.2 Å². The quantitative estimate of drug-likeness (QED) is 0.821. The van der Waals surface area contributed by atoms with E-state index < -0.39 is 0 Å². The maximum Gasteiger partial charge on any atom is 0.0597 e. The van der Waals surface area contributed by atoms with Crippen LogP contribution in [0.5, 0.6) is 0 Å². The second-order valence-electron chi connectivity index (χ2n) is 5.37. The first-order valence-electron chi connectivity index (χ1n) is 6.94. The lowest BCUT2D eigenvalue weighted by Gasteiger charge is -2.30. The molecule has 17 heavy (non-hydrogen) atoms. The van der Waals surface area contributed by atoms with E-state index >= 15 is 0 Å². The predicted octanol–water partition coefficient (Wildman–Crippen LogP) is 2.96. The molecule has 1 N–H and O–H groups in total. The standard InChI is InChI=1S/C14H25N3/c1-4-8-15-13(10-12-6-5-7-12)14-9-11(2)16-17(14)3/h9,12-13,15H,4-8,10H2,1-3H3. The summed E-state index contributed by atoms with van der Waals surface area (Å²) >= 11 is 0. The Morgan fingerprint density at radius 1 is 1.53 bits per heavy atom. The van der Waals surface area contributed by atoms with Crippen LogP contribution in [-0.4, -0.2) is 16.3 Å². The van der Waals surface area contributed by atoms with E-state index in [1.807, 2.05) is 4.68 Å². The summed E-state index contributed by atoms with van der Waals surface area (Å²) in [6.07, 6.45) is 6.73. The van der Waals surface area contributed by atoms with E-state index in [4.69, 9.17) is 0 Å². The van der Waals surface area contributed by atoms with Gasteiger partial charge in [-0.15, -0.1) is 0 Å². The molecule has 0 spiro atoms. The van der Waals surface area contributed by atoms with Gasteiger partial charge in [-0.05, 0) is 38.3 Å². The zero-order valence-corrected chi connectivity index (χ0v) is 11.4. The molecule has 1 aromatic rings. The normalized spacial score (nSPS) is 18.1. The molecule has 0 aromatic carbocycles. The topological polar surface area (TPSA) is 29.9 Å². The summed E-state index contributed by atoms with van der Waals surface area (Å²) in [6.45, 7) is 5.40. The first-order chi connectivity index (χ1) is 8.20. The van der Waals surface area contributed by atoms with Gasteiger partial charge >= 0.3 is 0 Å². The van der Waals surface area contributed by atoms with Crippen LogP contribution in [0.15, 0.2) is 6.07 Å². The SMILES string of the molecule is CCCNC(CC1CCC1)c1cc(C)nn1C. The van der Waals surface area contributed by atoms with Crippen molar-refractivity contribution in [1.82, 2.24) is 15.1 Å². The molecule has 96 valence electrons. The molecule has 3 nitrogen and oxygen atoms in total. The van der Waals surface area contributed by atoms with Crippen LogP contribution in [0.1, 0.15) is 56.5 Å². The molecule has 1 aliphatic carbocycles. The van der Waals surface area contributed by atoms with Gasteiger partial charge in [0.05, 0.1) is 11.4 Å². The first-order valence-corrected chi connectivity index (χ1v) is 6.94. The molecule has 1 aliphatic rings. The Bertz CT molecular complexity index is 352. The van der Waals surface area contributed by atoms with Crippen molar-refractivity contribution < 1.29 is 0 Å². The maximum absolute atomic E-state index is 4.47. The Labute approximate surface area is 105 Å². The molecule has 0 aliphatic heterocycles. The highest BCUT2D eigenvalue weighted by Gasteiger charge is 2.24. The summed E-state index contributed by atoms with van der Waals surface area (Å²) in [5, 5.41) is 8.15. The van der Waals surface area contributed by atoms with Crippen LogP contribution in [0.2, 0.25) is 0 Å². The Kier molecular flexibility index (Phi) is 4.21. The fourth-order valence-electron chi connectivity index (χ4n) is 2.65. The van der Waals surface area contributed by atoms with Crippen molar-refractivity contribution in [3.05, 3.63) is 17.5 Å². The van der Waals surface area contributed by atoms with Crippen LogP contribution >= 0.6 is 0 Å². The zero-order valence-electron chi connectivity index (χ0n) is 11.4. The molecule has 0 amide bonds. The molecule has 0 bridgehead atoms. The average molecular weight is 235 g/mol. The fourth-order valence-corrected chi connectivity index (χ4v) is 2.65. The lowest BCUT2D eigenvalue weighted by Crippen LogP contribution is -2.28. The molecule has 1 unspecified atom stereocenters. The summed E-state index contributed by atoms with van der Waals surface area (Å²) < 4.78 is 2.04. The molecule has 1 fully saturated rings. The van der Waals surface area contributed by atoms with Gasteiger partial charge in [0.2, 0.25) is 0 Å². The zero-order chi connectivity index (χ0) is 12.3. The minimum Gasteiger partial charge on any atom is -0.309 e. The largest absolute Gasteiger partial charge is 0.309 e. The molecule has 1 atom stereocenters. The van der Waals surface area contributed by atoms with Crippen LogP contribution in [0.4, 0.5) is 0 Å². The van der Waals surface area contributed by atoms with E-state index in [9.17, 15) is 0 Å². The van der Waals surface area contributed by atoms with E-state index in [1.165, 1.54) is 37.8 Å². The monoisotopic (exact) mass is 235 g/mol. The molecular weight excluding hydrogens is 210 g/mol. The molecule has 1 heterocycles. The third-order valence-corrected chi connectivity index (χ3v) is 3.83. The summed E-state index contributed by atoms with van der Waals surface area (Å²) in [5.74, 6) is 0.930. The van der Waals surface area contributed by atoms with Gasteiger partial charge in [-0.3, -0.25) is 4.68 Å². The van der Waals surface area contributed by atoms with Gasteiger partial charge < -0.3 is 5.32 Å². The lowest BCUT2D eigenvalue weighted by molar-refractivity contribution is 0.257. The van der Waals surface area contributed by atoms with Crippen LogP contribution in [0, 0.1) is 12.8 Å². The third kappa shape index (κ3) is 3.09. The van der Waals surface area contributed by atoms with Gasteiger partial charge in [-0.2, -0.15) is 5.10 Å². The maximum atomic E-state index is 4.47. The summed E-state index contributed by atoms with van der Waals surface area (Å²) in [7, 11) is 2.06. The number of nitrogens with one attached hydrogen (secondary N) is 1. The molecule has 2 rings (SSSR count). The van der Waals surface area contributed by atoms with Crippen molar-refractivity contribution in [2.75, 3.05) is 6.54 Å². The van der Waals surface area contributed by atoms with E-state index in [0.717, 1.165) is 18.2 Å². The smallest absolute Gasteiger partial charge is 0.0597 e. The van der Waals surface area contributed by atoms with E-state index in [-0.39, 0.29) is 0 Å². The minimum atomic E-state index is 0.492. The Morgan fingerprint density at radius 2 is 2.29 bits per heavy atom. The average Bonchev–Trinajstić information content (AvgIpc) is 2.56. The number of aryl methyl sites for hydroxylation is 2. The Balaban J connectivity index is 2.04. The highest BCUT2D eigenvalue weighted by Crippen LogP contribution is 2.34. The van der Waals surface area contributed by atoms with E-state index in [0.29, 0.717) is 6.04 Å². The molecule has 3 heteroatoms. The molecule has 0 saturated heterocycles. The molecular formula is C14H25N3. The predicted molar refractivity (Wildman–Crippen MR) is 70.9 cm³/mol. The Hall–Kier alpha value is -0.830. The van der Waals surface area contributed by atoms with Crippen molar-refractivity contribution >= 4 is 0 Å². The van der Waals surface area contributed by atoms with E-state index in [2.05, 4.69) is 37.4 Å². The fraction of sp³-hybridized carbons (Fsp3) is 0.786. The second-order valence-corrected chi connectivity index (χ2v) is 5.37. The number of rotatable bonds is 6. The summed E-state index contributed by atoms with van der Waals surface area (Å²) in [5.41, 5.74) is 2.47. The molecule has 0 radical (unpaired) electrons. The van der Waals surface area contributed by atoms with Crippen molar-refractivity contribution in [3.8, 4) is 0 Å². The van der Waals surface area contributed by atoms with Crippen molar-refractivity contribution in [2.45, 2.75) is 52.0 Å². The number of aromatic nitrogens is 2. The van der Waals surface area contributed by atoms with Crippen molar-refractivity contribution in [3.63, 3.8) is 0 Å². The summed E-state index contributed by atoms with van der Waals surface area (Å²) in [4.78, 5) is 0. The van der Waals surface area contributed by atoms with Crippen LogP contribution < -0.4 is 5.32 Å². The number of hydrogen-bond donors (Lipinski definition) is 1. The highest BCUT2D eigenvalue weighted by molar-refractivity contribution is 5.13.